The number of hydrogen-bond donors (Lipinski definition) is 3. The summed E-state index contributed by atoms with van der Waals surface area (Å²) in [5.74, 6) is -0.319. The maximum atomic E-state index is 11.9. The van der Waals surface area contributed by atoms with Crippen molar-refractivity contribution in [3.05, 3.63) is 23.8 Å². The Kier molecular flexibility index (Phi) is 4.11. The molecule has 2 atom stereocenters. The summed E-state index contributed by atoms with van der Waals surface area (Å²) < 4.78 is 0. The van der Waals surface area contributed by atoms with E-state index in [1.54, 1.807) is 19.1 Å². The molecule has 102 valence electrons. The molecule has 1 aromatic carbocycles. The molecular formula is C13H16N2O3S. The van der Waals surface area contributed by atoms with Gasteiger partial charge in [0.1, 0.15) is 0 Å². The summed E-state index contributed by atoms with van der Waals surface area (Å²) in [7, 11) is 0. The summed E-state index contributed by atoms with van der Waals surface area (Å²) in [6, 6.07) is 4.91. The second-order valence-corrected chi connectivity index (χ2v) is 5.90. The minimum Gasteiger partial charge on any atom is -0.394 e. The Morgan fingerprint density at radius 2 is 2.32 bits per heavy atom. The average molecular weight is 280 g/mol. The lowest BCUT2D eigenvalue weighted by molar-refractivity contribution is -0.115. The van der Waals surface area contributed by atoms with Crippen LogP contribution in [-0.2, 0) is 4.79 Å². The molecule has 2 amide bonds. The smallest absolute Gasteiger partial charge is 0.251 e. The molecule has 0 fully saturated rings. The summed E-state index contributed by atoms with van der Waals surface area (Å²) >= 11 is 1.48. The number of nitrogens with one attached hydrogen (secondary N) is 2. The molecule has 0 aliphatic carbocycles. The first kappa shape index (κ1) is 13.9. The Morgan fingerprint density at radius 1 is 1.58 bits per heavy atom. The van der Waals surface area contributed by atoms with Gasteiger partial charge in [-0.3, -0.25) is 9.59 Å². The second kappa shape index (κ2) is 5.63. The molecule has 1 heterocycles. The molecule has 0 bridgehead atoms. The van der Waals surface area contributed by atoms with E-state index in [1.165, 1.54) is 11.8 Å². The van der Waals surface area contributed by atoms with Gasteiger partial charge in [0.15, 0.2) is 0 Å². The highest BCUT2D eigenvalue weighted by Crippen LogP contribution is 2.35. The predicted octanol–water partition coefficient (Wildman–Crippen LogP) is 1.23. The van der Waals surface area contributed by atoms with Crippen molar-refractivity contribution in [2.45, 2.75) is 30.0 Å². The predicted molar refractivity (Wildman–Crippen MR) is 74.4 cm³/mol. The number of thioether (sulfide) groups is 1. The van der Waals surface area contributed by atoms with E-state index in [0.717, 1.165) is 4.90 Å². The molecule has 1 aliphatic heterocycles. The van der Waals surface area contributed by atoms with Gasteiger partial charge in [0.05, 0.1) is 17.5 Å². The molecular weight excluding hydrogens is 264 g/mol. The van der Waals surface area contributed by atoms with E-state index in [0.29, 0.717) is 11.3 Å². The van der Waals surface area contributed by atoms with E-state index in [-0.39, 0.29) is 29.7 Å². The zero-order valence-corrected chi connectivity index (χ0v) is 11.6. The molecule has 0 aromatic heterocycles. The van der Waals surface area contributed by atoms with Crippen LogP contribution in [0.2, 0.25) is 0 Å². The van der Waals surface area contributed by atoms with Crippen molar-refractivity contribution in [2.75, 3.05) is 11.9 Å². The number of rotatable bonds is 3. The summed E-state index contributed by atoms with van der Waals surface area (Å²) in [4.78, 5) is 24.5. The van der Waals surface area contributed by atoms with E-state index < -0.39 is 0 Å². The number of aliphatic hydroxyl groups excluding tert-OH is 1. The fourth-order valence-electron chi connectivity index (χ4n) is 1.70. The van der Waals surface area contributed by atoms with Crippen LogP contribution in [0.5, 0.6) is 0 Å². The van der Waals surface area contributed by atoms with E-state index in [9.17, 15) is 9.59 Å². The van der Waals surface area contributed by atoms with Crippen molar-refractivity contribution in [3.63, 3.8) is 0 Å². The van der Waals surface area contributed by atoms with Crippen LogP contribution in [0.1, 0.15) is 24.2 Å². The zero-order valence-electron chi connectivity index (χ0n) is 10.8. The molecule has 1 aliphatic rings. The van der Waals surface area contributed by atoms with E-state index in [1.807, 2.05) is 13.0 Å². The average Bonchev–Trinajstić information content (AvgIpc) is 2.39. The highest BCUT2D eigenvalue weighted by molar-refractivity contribution is 8.00. The second-order valence-electron chi connectivity index (χ2n) is 4.52. The maximum Gasteiger partial charge on any atom is 0.251 e. The number of fused-ring (bicyclic) bond motifs is 1. The Labute approximate surface area is 115 Å². The third-order valence-corrected chi connectivity index (χ3v) is 4.00. The van der Waals surface area contributed by atoms with Crippen LogP contribution >= 0.6 is 11.8 Å². The third-order valence-electron chi connectivity index (χ3n) is 2.82. The van der Waals surface area contributed by atoms with Crippen LogP contribution in [-0.4, -0.2) is 34.8 Å². The first-order valence-corrected chi connectivity index (χ1v) is 6.92. The molecule has 5 nitrogen and oxygen atoms in total. The number of carbonyl (C=O) groups is 2. The number of hydrogen-bond acceptors (Lipinski definition) is 4. The summed E-state index contributed by atoms with van der Waals surface area (Å²) in [6.45, 7) is 3.45. The Balaban J connectivity index is 2.19. The molecule has 1 aromatic rings. The van der Waals surface area contributed by atoms with Crippen molar-refractivity contribution in [2.24, 2.45) is 0 Å². The van der Waals surface area contributed by atoms with Crippen LogP contribution in [0.15, 0.2) is 23.1 Å². The SMILES string of the molecule is CC(CO)NC(=O)c1ccc2c(c1)NC(=O)C(C)S2. The Hall–Kier alpha value is -1.53. The van der Waals surface area contributed by atoms with Gasteiger partial charge in [0.2, 0.25) is 5.91 Å². The molecule has 3 N–H and O–H groups in total. The minimum atomic E-state index is -0.299. The number of amides is 2. The highest BCUT2D eigenvalue weighted by Gasteiger charge is 2.23. The molecule has 0 saturated heterocycles. The monoisotopic (exact) mass is 280 g/mol. The lowest BCUT2D eigenvalue weighted by Gasteiger charge is -2.22. The molecule has 6 heteroatoms. The quantitative estimate of drug-likeness (QED) is 0.778. The van der Waals surface area contributed by atoms with Crippen molar-refractivity contribution in [3.8, 4) is 0 Å². The topological polar surface area (TPSA) is 78.4 Å². The van der Waals surface area contributed by atoms with Gasteiger partial charge < -0.3 is 15.7 Å². The third kappa shape index (κ3) is 3.08. The van der Waals surface area contributed by atoms with Gasteiger partial charge in [-0.15, -0.1) is 11.8 Å². The van der Waals surface area contributed by atoms with Crippen LogP contribution in [0.25, 0.3) is 0 Å². The van der Waals surface area contributed by atoms with E-state index in [2.05, 4.69) is 10.6 Å². The maximum absolute atomic E-state index is 11.9. The van der Waals surface area contributed by atoms with Crippen molar-refractivity contribution in [1.29, 1.82) is 0 Å². The molecule has 2 unspecified atom stereocenters. The van der Waals surface area contributed by atoms with Crippen molar-refractivity contribution >= 4 is 29.3 Å². The lowest BCUT2D eigenvalue weighted by atomic mass is 10.1. The molecule has 0 spiro atoms. The van der Waals surface area contributed by atoms with Crippen LogP contribution in [0.3, 0.4) is 0 Å². The van der Waals surface area contributed by atoms with Gasteiger partial charge in [0, 0.05) is 16.5 Å². The summed E-state index contributed by atoms with van der Waals surface area (Å²) in [5.41, 5.74) is 1.13. The van der Waals surface area contributed by atoms with Gasteiger partial charge >= 0.3 is 0 Å². The largest absolute Gasteiger partial charge is 0.394 e. The van der Waals surface area contributed by atoms with Gasteiger partial charge in [-0.1, -0.05) is 0 Å². The number of benzene rings is 1. The van der Waals surface area contributed by atoms with E-state index in [4.69, 9.17) is 5.11 Å². The fraction of sp³-hybridized carbons (Fsp3) is 0.385. The zero-order chi connectivity index (χ0) is 14.0. The lowest BCUT2D eigenvalue weighted by Crippen LogP contribution is -2.35. The minimum absolute atomic E-state index is 0.0567. The Bertz CT molecular complexity index is 519. The van der Waals surface area contributed by atoms with Gasteiger partial charge in [-0.2, -0.15) is 0 Å². The standard InChI is InChI=1S/C13H16N2O3S/c1-7(6-16)14-13(18)9-3-4-11-10(5-9)15-12(17)8(2)19-11/h3-5,7-8,16H,6H2,1-2H3,(H,14,18)(H,15,17). The van der Waals surface area contributed by atoms with Crippen LogP contribution < -0.4 is 10.6 Å². The fourth-order valence-corrected chi connectivity index (χ4v) is 2.63. The van der Waals surface area contributed by atoms with Gasteiger partial charge in [-0.05, 0) is 32.0 Å². The summed E-state index contributed by atoms with van der Waals surface area (Å²) in [5, 5.41) is 14.2. The normalized spacial score (nSPS) is 19.3. The summed E-state index contributed by atoms with van der Waals surface area (Å²) in [6.07, 6.45) is 0. The van der Waals surface area contributed by atoms with E-state index >= 15 is 0 Å². The van der Waals surface area contributed by atoms with Crippen LogP contribution in [0, 0.1) is 0 Å². The first-order chi connectivity index (χ1) is 9.01. The first-order valence-electron chi connectivity index (χ1n) is 6.04. The number of anilines is 1. The number of carbonyl (C=O) groups excluding carboxylic acids is 2. The number of aliphatic hydroxyl groups is 1. The Morgan fingerprint density at radius 3 is 3.00 bits per heavy atom. The highest BCUT2D eigenvalue weighted by atomic mass is 32.2. The molecule has 0 saturated carbocycles. The van der Waals surface area contributed by atoms with Gasteiger partial charge in [0.25, 0.3) is 5.91 Å². The molecule has 0 radical (unpaired) electrons. The van der Waals surface area contributed by atoms with Crippen molar-refractivity contribution < 1.29 is 14.7 Å². The van der Waals surface area contributed by atoms with Gasteiger partial charge in [-0.25, -0.2) is 0 Å². The molecule has 2 rings (SSSR count). The van der Waals surface area contributed by atoms with Crippen LogP contribution in [0.4, 0.5) is 5.69 Å². The van der Waals surface area contributed by atoms with Crippen molar-refractivity contribution in [1.82, 2.24) is 5.32 Å². The molecule has 19 heavy (non-hydrogen) atoms.